The molecule has 1 aromatic carbocycles. The summed E-state index contributed by atoms with van der Waals surface area (Å²) in [6.45, 7) is 0.0670. The molecule has 2 aliphatic rings. The molecule has 1 aliphatic heterocycles. The summed E-state index contributed by atoms with van der Waals surface area (Å²) in [5.74, 6) is 0.532. The van der Waals surface area contributed by atoms with E-state index in [2.05, 4.69) is 10.6 Å². The highest BCUT2D eigenvalue weighted by Crippen LogP contribution is 2.37. The number of fused-ring (bicyclic) bond motifs is 1. The largest absolute Gasteiger partial charge is 0.482 e. The van der Waals surface area contributed by atoms with Gasteiger partial charge >= 0.3 is 0 Å². The maximum atomic E-state index is 11.2. The average Bonchev–Trinajstić information content (AvgIpc) is 2.23. The van der Waals surface area contributed by atoms with Gasteiger partial charge in [0.05, 0.1) is 16.4 Å². The second-order valence-electron chi connectivity index (χ2n) is 4.44. The van der Waals surface area contributed by atoms with Gasteiger partial charge in [0.15, 0.2) is 6.61 Å². The van der Waals surface area contributed by atoms with Crippen molar-refractivity contribution in [2.24, 2.45) is 0 Å². The van der Waals surface area contributed by atoms with Crippen molar-refractivity contribution >= 4 is 28.9 Å². The minimum atomic E-state index is -0.145. The number of ether oxygens (including phenoxy) is 1. The highest BCUT2D eigenvalue weighted by molar-refractivity contribution is 6.33. The molecule has 0 saturated heterocycles. The number of hydrogen-bond acceptors (Lipinski definition) is 3. The van der Waals surface area contributed by atoms with Crippen LogP contribution in [0.15, 0.2) is 12.1 Å². The molecule has 0 aromatic heterocycles. The zero-order valence-corrected chi connectivity index (χ0v) is 10.0. The normalized spacial score (nSPS) is 18.8. The molecular formula is C12H13ClN2O2. The Morgan fingerprint density at radius 2 is 2.24 bits per heavy atom. The topological polar surface area (TPSA) is 50.4 Å². The van der Waals surface area contributed by atoms with Crippen LogP contribution < -0.4 is 15.4 Å². The second-order valence-corrected chi connectivity index (χ2v) is 4.84. The molecule has 1 heterocycles. The van der Waals surface area contributed by atoms with Crippen molar-refractivity contribution in [1.82, 2.24) is 0 Å². The number of rotatable bonds is 2. The molecule has 4 nitrogen and oxygen atoms in total. The van der Waals surface area contributed by atoms with Gasteiger partial charge in [-0.3, -0.25) is 4.79 Å². The number of amides is 1. The van der Waals surface area contributed by atoms with Crippen molar-refractivity contribution in [2.45, 2.75) is 25.3 Å². The SMILES string of the molecule is O=C1COc2cc(NC3CCC3)c(Cl)cc2N1. The molecule has 0 atom stereocenters. The Morgan fingerprint density at radius 3 is 2.94 bits per heavy atom. The summed E-state index contributed by atoms with van der Waals surface area (Å²) in [4.78, 5) is 11.2. The van der Waals surface area contributed by atoms with Crippen LogP contribution in [0.2, 0.25) is 5.02 Å². The second kappa shape index (κ2) is 4.11. The summed E-state index contributed by atoms with van der Waals surface area (Å²) in [5, 5.41) is 6.73. The molecule has 1 aliphatic carbocycles. The number of halogens is 1. The molecule has 2 N–H and O–H groups in total. The standard InChI is InChI=1S/C12H13ClN2O2/c13-8-4-10-11(17-6-12(16)15-10)5-9(8)14-7-2-1-3-7/h4-5,7,14H,1-3,6H2,(H,15,16). The van der Waals surface area contributed by atoms with Crippen LogP contribution in [0, 0.1) is 0 Å². The van der Waals surface area contributed by atoms with Crippen molar-refractivity contribution < 1.29 is 9.53 Å². The monoisotopic (exact) mass is 252 g/mol. The maximum Gasteiger partial charge on any atom is 0.262 e. The number of benzene rings is 1. The Kier molecular flexibility index (Phi) is 2.59. The Hall–Kier alpha value is -1.42. The van der Waals surface area contributed by atoms with E-state index in [9.17, 15) is 4.79 Å². The highest BCUT2D eigenvalue weighted by Gasteiger charge is 2.21. The molecule has 0 spiro atoms. The van der Waals surface area contributed by atoms with Crippen molar-refractivity contribution in [2.75, 3.05) is 17.2 Å². The van der Waals surface area contributed by atoms with Crippen molar-refractivity contribution in [3.05, 3.63) is 17.2 Å². The predicted octanol–water partition coefficient (Wildman–Crippen LogP) is 2.64. The van der Waals surface area contributed by atoms with E-state index in [0.717, 1.165) is 5.69 Å². The molecule has 90 valence electrons. The van der Waals surface area contributed by atoms with Crippen molar-refractivity contribution in [3.8, 4) is 5.75 Å². The van der Waals surface area contributed by atoms with Crippen LogP contribution in [0.1, 0.15) is 19.3 Å². The lowest BCUT2D eigenvalue weighted by molar-refractivity contribution is -0.118. The Morgan fingerprint density at radius 1 is 1.41 bits per heavy atom. The van der Waals surface area contributed by atoms with Crippen LogP contribution >= 0.6 is 11.6 Å². The fourth-order valence-electron chi connectivity index (χ4n) is 1.98. The minimum absolute atomic E-state index is 0.0670. The summed E-state index contributed by atoms with van der Waals surface area (Å²) in [5.41, 5.74) is 1.52. The van der Waals surface area contributed by atoms with Crippen molar-refractivity contribution in [3.63, 3.8) is 0 Å². The lowest BCUT2D eigenvalue weighted by atomic mass is 9.93. The Balaban J connectivity index is 1.87. The first kappa shape index (κ1) is 10.7. The fourth-order valence-corrected chi connectivity index (χ4v) is 2.20. The molecule has 1 saturated carbocycles. The van der Waals surface area contributed by atoms with Crippen LogP contribution in [0.3, 0.4) is 0 Å². The predicted molar refractivity (Wildman–Crippen MR) is 66.8 cm³/mol. The van der Waals surface area contributed by atoms with Crippen LogP contribution in [0.5, 0.6) is 5.75 Å². The minimum Gasteiger partial charge on any atom is -0.482 e. The van der Waals surface area contributed by atoms with Crippen LogP contribution in [0.4, 0.5) is 11.4 Å². The molecular weight excluding hydrogens is 240 g/mol. The van der Waals surface area contributed by atoms with E-state index in [1.54, 1.807) is 6.07 Å². The van der Waals surface area contributed by atoms with Crippen LogP contribution in [-0.2, 0) is 4.79 Å². The Bertz CT molecular complexity index is 472. The molecule has 5 heteroatoms. The van der Waals surface area contributed by atoms with Gasteiger partial charge < -0.3 is 15.4 Å². The number of carbonyl (C=O) groups excluding carboxylic acids is 1. The van der Waals surface area contributed by atoms with E-state index >= 15 is 0 Å². The number of hydrogen-bond donors (Lipinski definition) is 2. The third kappa shape index (κ3) is 2.05. The zero-order chi connectivity index (χ0) is 11.8. The zero-order valence-electron chi connectivity index (χ0n) is 9.25. The number of nitrogens with one attached hydrogen (secondary N) is 2. The summed E-state index contributed by atoms with van der Waals surface area (Å²) >= 11 is 6.16. The molecule has 3 rings (SSSR count). The van der Waals surface area contributed by atoms with E-state index in [4.69, 9.17) is 16.3 Å². The van der Waals surface area contributed by atoms with Crippen LogP contribution in [0.25, 0.3) is 0 Å². The third-order valence-corrected chi connectivity index (χ3v) is 3.48. The average molecular weight is 253 g/mol. The first-order chi connectivity index (χ1) is 8.22. The first-order valence-corrected chi connectivity index (χ1v) is 6.13. The molecule has 1 aromatic rings. The van der Waals surface area contributed by atoms with Gasteiger partial charge in [0.2, 0.25) is 0 Å². The van der Waals surface area contributed by atoms with E-state index in [1.165, 1.54) is 19.3 Å². The number of anilines is 2. The quantitative estimate of drug-likeness (QED) is 0.851. The van der Waals surface area contributed by atoms with Crippen LogP contribution in [-0.4, -0.2) is 18.6 Å². The highest BCUT2D eigenvalue weighted by atomic mass is 35.5. The fraction of sp³-hybridized carbons (Fsp3) is 0.417. The van der Waals surface area contributed by atoms with E-state index in [0.29, 0.717) is 22.5 Å². The van der Waals surface area contributed by atoms with Gasteiger partial charge in [-0.15, -0.1) is 0 Å². The van der Waals surface area contributed by atoms with Crippen molar-refractivity contribution in [1.29, 1.82) is 0 Å². The molecule has 1 amide bonds. The van der Waals surface area contributed by atoms with Gasteiger partial charge in [-0.2, -0.15) is 0 Å². The third-order valence-electron chi connectivity index (χ3n) is 3.17. The summed E-state index contributed by atoms with van der Waals surface area (Å²) in [7, 11) is 0. The molecule has 0 radical (unpaired) electrons. The summed E-state index contributed by atoms with van der Waals surface area (Å²) < 4.78 is 5.35. The van der Waals surface area contributed by atoms with Gasteiger partial charge in [0.1, 0.15) is 5.75 Å². The molecule has 1 fully saturated rings. The first-order valence-electron chi connectivity index (χ1n) is 5.75. The molecule has 0 unspecified atom stereocenters. The molecule has 17 heavy (non-hydrogen) atoms. The lowest BCUT2D eigenvalue weighted by Gasteiger charge is -2.29. The molecule has 0 bridgehead atoms. The summed E-state index contributed by atoms with van der Waals surface area (Å²) in [6, 6.07) is 4.11. The van der Waals surface area contributed by atoms with E-state index < -0.39 is 0 Å². The van der Waals surface area contributed by atoms with Gasteiger partial charge in [0.25, 0.3) is 5.91 Å². The maximum absolute atomic E-state index is 11.2. The van der Waals surface area contributed by atoms with Gasteiger partial charge in [0, 0.05) is 12.1 Å². The lowest BCUT2D eigenvalue weighted by Crippen LogP contribution is -2.28. The van der Waals surface area contributed by atoms with Gasteiger partial charge in [-0.05, 0) is 25.3 Å². The van der Waals surface area contributed by atoms with E-state index in [1.807, 2.05) is 6.07 Å². The Labute approximate surface area is 104 Å². The summed E-state index contributed by atoms with van der Waals surface area (Å²) in [6.07, 6.45) is 3.64. The van der Waals surface area contributed by atoms with Gasteiger partial charge in [-0.25, -0.2) is 0 Å². The number of carbonyl (C=O) groups is 1. The van der Waals surface area contributed by atoms with Gasteiger partial charge in [-0.1, -0.05) is 11.6 Å². The van der Waals surface area contributed by atoms with E-state index in [-0.39, 0.29) is 12.5 Å². The smallest absolute Gasteiger partial charge is 0.262 e.